The molecule has 1 amide bonds. The second-order valence-corrected chi connectivity index (χ2v) is 5.50. The van der Waals surface area contributed by atoms with E-state index in [-0.39, 0.29) is 5.56 Å². The van der Waals surface area contributed by atoms with Gasteiger partial charge in [-0.3, -0.25) is 9.59 Å². The van der Waals surface area contributed by atoms with E-state index >= 15 is 0 Å². The predicted octanol–water partition coefficient (Wildman–Crippen LogP) is 3.12. The minimum atomic E-state index is -4.70. The highest BCUT2D eigenvalue weighted by Gasteiger charge is 2.47. The number of halogens is 3. The Hall–Kier alpha value is -2.67. The summed E-state index contributed by atoms with van der Waals surface area (Å²) in [4.78, 5) is 24.5. The molecule has 7 heteroatoms. The first-order valence-electron chi connectivity index (χ1n) is 7.06. The second kappa shape index (κ2) is 5.45. The highest BCUT2D eigenvalue weighted by atomic mass is 19.4. The molecule has 0 aliphatic carbocycles. The third-order valence-electron chi connectivity index (χ3n) is 3.95. The van der Waals surface area contributed by atoms with Crippen molar-refractivity contribution in [1.29, 1.82) is 0 Å². The Labute approximate surface area is 134 Å². The van der Waals surface area contributed by atoms with E-state index < -0.39 is 41.0 Å². The number of hydrogen-bond acceptors (Lipinski definition) is 3. The van der Waals surface area contributed by atoms with Crippen LogP contribution in [0.3, 0.4) is 0 Å². The Morgan fingerprint density at radius 1 is 1.08 bits per heavy atom. The van der Waals surface area contributed by atoms with Crippen LogP contribution in [0.4, 0.5) is 18.9 Å². The minimum absolute atomic E-state index is 0.174. The van der Waals surface area contributed by atoms with Crippen molar-refractivity contribution in [3.8, 4) is 0 Å². The number of hydrogen-bond donors (Lipinski definition) is 2. The zero-order valence-corrected chi connectivity index (χ0v) is 12.2. The molecule has 0 saturated carbocycles. The lowest BCUT2D eigenvalue weighted by Gasteiger charge is -2.21. The maximum absolute atomic E-state index is 13.0. The summed E-state index contributed by atoms with van der Waals surface area (Å²) >= 11 is 0. The van der Waals surface area contributed by atoms with Gasteiger partial charge >= 0.3 is 6.18 Å². The van der Waals surface area contributed by atoms with Gasteiger partial charge in [0.2, 0.25) is 0 Å². The lowest BCUT2D eigenvalue weighted by molar-refractivity contribution is -0.138. The number of carbonyl (C=O) groups excluding carboxylic acids is 2. The maximum Gasteiger partial charge on any atom is 0.417 e. The van der Waals surface area contributed by atoms with Crippen molar-refractivity contribution in [1.82, 2.24) is 0 Å². The highest BCUT2D eigenvalue weighted by molar-refractivity contribution is 6.09. The molecule has 0 radical (unpaired) electrons. The van der Waals surface area contributed by atoms with E-state index in [9.17, 15) is 27.9 Å². The van der Waals surface area contributed by atoms with Crippen LogP contribution in [0.25, 0.3) is 0 Å². The lowest BCUT2D eigenvalue weighted by atomic mass is 9.87. The molecule has 0 bridgehead atoms. The normalized spacial score (nSPS) is 19.8. The van der Waals surface area contributed by atoms with Gasteiger partial charge in [0.1, 0.15) is 0 Å². The molecule has 2 aromatic carbocycles. The Bertz CT molecular complexity index is 832. The van der Waals surface area contributed by atoms with Gasteiger partial charge in [-0.1, -0.05) is 36.4 Å². The summed E-state index contributed by atoms with van der Waals surface area (Å²) in [7, 11) is 0. The number of rotatable bonds is 3. The molecule has 0 fully saturated rings. The Morgan fingerprint density at radius 3 is 2.42 bits per heavy atom. The SMILES string of the molecule is O=C(CC1(O)C(=O)Nc2ccccc21)c1ccccc1C(F)(F)F. The predicted molar refractivity (Wildman–Crippen MR) is 79.4 cm³/mol. The number of Topliss-reactive ketones (excluding diaryl/α,β-unsaturated/α-hetero) is 1. The topological polar surface area (TPSA) is 66.4 Å². The number of anilines is 1. The van der Waals surface area contributed by atoms with E-state index in [1.807, 2.05) is 0 Å². The molecule has 4 nitrogen and oxygen atoms in total. The zero-order chi connectivity index (χ0) is 17.5. The zero-order valence-electron chi connectivity index (χ0n) is 12.2. The van der Waals surface area contributed by atoms with Gasteiger partial charge < -0.3 is 10.4 Å². The minimum Gasteiger partial charge on any atom is -0.375 e. The Kier molecular flexibility index (Phi) is 3.68. The maximum atomic E-state index is 13.0. The first-order chi connectivity index (χ1) is 11.2. The molecule has 24 heavy (non-hydrogen) atoms. The molecule has 1 aliphatic rings. The summed E-state index contributed by atoms with van der Waals surface area (Å²) in [5, 5.41) is 13.0. The summed E-state index contributed by atoms with van der Waals surface area (Å²) in [6, 6.07) is 10.5. The number of fused-ring (bicyclic) bond motifs is 1. The number of benzene rings is 2. The number of ketones is 1. The molecule has 0 aromatic heterocycles. The van der Waals surface area contributed by atoms with Gasteiger partial charge in [-0.05, 0) is 12.1 Å². The summed E-state index contributed by atoms with van der Waals surface area (Å²) < 4.78 is 39.1. The lowest BCUT2D eigenvalue weighted by Crippen LogP contribution is -2.36. The standard InChI is InChI=1S/C17H12F3NO3/c18-17(19,20)11-6-2-1-5-10(11)14(22)9-16(24)12-7-3-4-8-13(12)21-15(16)23/h1-8,24H,9H2,(H,21,23). The molecule has 0 spiro atoms. The quantitative estimate of drug-likeness (QED) is 0.847. The third-order valence-corrected chi connectivity index (χ3v) is 3.95. The van der Waals surface area contributed by atoms with Crippen LogP contribution in [0.5, 0.6) is 0 Å². The van der Waals surface area contributed by atoms with E-state index in [0.29, 0.717) is 5.69 Å². The van der Waals surface area contributed by atoms with Gasteiger partial charge in [0, 0.05) is 16.8 Å². The van der Waals surface area contributed by atoms with Crippen molar-refractivity contribution >= 4 is 17.4 Å². The summed E-state index contributed by atoms with van der Waals surface area (Å²) in [5.41, 5.74) is -3.34. The van der Waals surface area contributed by atoms with Gasteiger partial charge in [0.05, 0.1) is 12.0 Å². The average Bonchev–Trinajstić information content (AvgIpc) is 2.78. The molecule has 2 aromatic rings. The van der Waals surface area contributed by atoms with Gasteiger partial charge in [-0.25, -0.2) is 0 Å². The van der Waals surface area contributed by atoms with Gasteiger partial charge in [-0.2, -0.15) is 13.2 Å². The summed E-state index contributed by atoms with van der Waals surface area (Å²) in [5.74, 6) is -1.79. The monoisotopic (exact) mass is 335 g/mol. The molecule has 3 rings (SSSR count). The number of alkyl halides is 3. The molecular formula is C17H12F3NO3. The van der Waals surface area contributed by atoms with E-state index in [1.54, 1.807) is 18.2 Å². The van der Waals surface area contributed by atoms with Crippen LogP contribution >= 0.6 is 0 Å². The fourth-order valence-electron chi connectivity index (χ4n) is 2.78. The van der Waals surface area contributed by atoms with Crippen LogP contribution in [0.2, 0.25) is 0 Å². The van der Waals surface area contributed by atoms with Crippen LogP contribution < -0.4 is 5.32 Å². The van der Waals surface area contributed by atoms with Crippen molar-refractivity contribution in [2.75, 3.05) is 5.32 Å². The number of nitrogens with one attached hydrogen (secondary N) is 1. The number of aliphatic hydroxyl groups is 1. The molecule has 1 heterocycles. The smallest absolute Gasteiger partial charge is 0.375 e. The van der Waals surface area contributed by atoms with Crippen LogP contribution in [0.1, 0.15) is 27.9 Å². The molecular weight excluding hydrogens is 323 g/mol. The largest absolute Gasteiger partial charge is 0.417 e. The number of para-hydroxylation sites is 1. The molecule has 124 valence electrons. The van der Waals surface area contributed by atoms with Gasteiger partial charge in [0.15, 0.2) is 11.4 Å². The van der Waals surface area contributed by atoms with Crippen molar-refractivity contribution in [3.63, 3.8) is 0 Å². The van der Waals surface area contributed by atoms with E-state index in [2.05, 4.69) is 5.32 Å². The molecule has 2 N–H and O–H groups in total. The highest BCUT2D eigenvalue weighted by Crippen LogP contribution is 2.40. The van der Waals surface area contributed by atoms with Gasteiger partial charge in [-0.15, -0.1) is 0 Å². The van der Waals surface area contributed by atoms with E-state index in [4.69, 9.17) is 0 Å². The van der Waals surface area contributed by atoms with Crippen molar-refractivity contribution < 1.29 is 27.9 Å². The Balaban J connectivity index is 1.98. The van der Waals surface area contributed by atoms with Crippen LogP contribution in [-0.4, -0.2) is 16.8 Å². The summed E-state index contributed by atoms with van der Waals surface area (Å²) in [6.07, 6.45) is -5.48. The van der Waals surface area contributed by atoms with Crippen LogP contribution in [0.15, 0.2) is 48.5 Å². The van der Waals surface area contributed by atoms with E-state index in [1.165, 1.54) is 18.2 Å². The van der Waals surface area contributed by atoms with E-state index in [0.717, 1.165) is 12.1 Å². The first-order valence-corrected chi connectivity index (χ1v) is 7.06. The second-order valence-electron chi connectivity index (χ2n) is 5.50. The third kappa shape index (κ3) is 2.56. The molecule has 0 saturated heterocycles. The van der Waals surface area contributed by atoms with Crippen LogP contribution in [0, 0.1) is 0 Å². The van der Waals surface area contributed by atoms with Crippen molar-refractivity contribution in [2.45, 2.75) is 18.2 Å². The Morgan fingerprint density at radius 2 is 1.71 bits per heavy atom. The number of amides is 1. The molecule has 1 aliphatic heterocycles. The summed E-state index contributed by atoms with van der Waals surface area (Å²) in [6.45, 7) is 0. The number of carbonyl (C=O) groups is 2. The van der Waals surface area contributed by atoms with Crippen molar-refractivity contribution in [3.05, 3.63) is 65.2 Å². The fourth-order valence-corrected chi connectivity index (χ4v) is 2.78. The molecule has 1 atom stereocenters. The van der Waals surface area contributed by atoms with Gasteiger partial charge in [0.25, 0.3) is 5.91 Å². The van der Waals surface area contributed by atoms with Crippen molar-refractivity contribution in [2.24, 2.45) is 0 Å². The average molecular weight is 335 g/mol. The molecule has 1 unspecified atom stereocenters. The fraction of sp³-hybridized carbons (Fsp3) is 0.176. The first kappa shape index (κ1) is 16.2. The van der Waals surface area contributed by atoms with Crippen LogP contribution in [-0.2, 0) is 16.6 Å².